The van der Waals surface area contributed by atoms with E-state index in [4.69, 9.17) is 24.3 Å². The molecule has 346 valence electrons. The van der Waals surface area contributed by atoms with Crippen molar-refractivity contribution in [1.29, 1.82) is 0 Å². The van der Waals surface area contributed by atoms with Gasteiger partial charge in [0.05, 0.1) is 13.2 Å². The molecule has 0 fully saturated rings. The van der Waals surface area contributed by atoms with Gasteiger partial charge in [0.1, 0.15) is 6.61 Å². The molecule has 0 aliphatic carbocycles. The minimum absolute atomic E-state index is 0.0522. The van der Waals surface area contributed by atoms with E-state index >= 15 is 0 Å². The van der Waals surface area contributed by atoms with E-state index in [0.29, 0.717) is 6.42 Å². The van der Waals surface area contributed by atoms with E-state index in [9.17, 15) is 19.0 Å². The van der Waals surface area contributed by atoms with Crippen LogP contribution in [0.4, 0.5) is 0 Å². The lowest BCUT2D eigenvalue weighted by atomic mass is 10.1. The van der Waals surface area contributed by atoms with Gasteiger partial charge in [0.15, 0.2) is 6.10 Å². The molecule has 0 aromatic rings. The Morgan fingerprint density at radius 3 is 1.31 bits per heavy atom. The first kappa shape index (κ1) is 57.2. The first-order valence-corrected chi connectivity index (χ1v) is 26.0. The zero-order valence-electron chi connectivity index (χ0n) is 38.2. The van der Waals surface area contributed by atoms with Crippen molar-refractivity contribution in [2.75, 3.05) is 26.4 Å². The summed E-state index contributed by atoms with van der Waals surface area (Å²) in [7, 11) is -4.38. The largest absolute Gasteiger partial charge is 0.472 e. The van der Waals surface area contributed by atoms with Gasteiger partial charge in [-0.1, -0.05) is 185 Å². The highest BCUT2D eigenvalue weighted by atomic mass is 31.2. The summed E-state index contributed by atoms with van der Waals surface area (Å²) in [6.07, 6.45) is 51.7. The molecule has 9 nitrogen and oxygen atoms in total. The monoisotopic (exact) mass is 854 g/mol. The first-order chi connectivity index (χ1) is 28.8. The average Bonchev–Trinajstić information content (AvgIpc) is 3.22. The number of nitrogens with two attached hydrogens (primary N) is 1. The van der Waals surface area contributed by atoms with Gasteiger partial charge < -0.3 is 20.1 Å². The van der Waals surface area contributed by atoms with Crippen LogP contribution >= 0.6 is 7.82 Å². The fourth-order valence-electron chi connectivity index (χ4n) is 6.84. The van der Waals surface area contributed by atoms with Crippen LogP contribution in [0.25, 0.3) is 0 Å². The van der Waals surface area contributed by atoms with Crippen molar-refractivity contribution in [1.82, 2.24) is 0 Å². The molecular formula is C49H92NO8P. The summed E-state index contributed by atoms with van der Waals surface area (Å²) in [5.74, 6) is -0.832. The average molecular weight is 854 g/mol. The summed E-state index contributed by atoms with van der Waals surface area (Å²) in [6.45, 7) is 3.73. The van der Waals surface area contributed by atoms with E-state index in [0.717, 1.165) is 64.2 Å². The van der Waals surface area contributed by atoms with Crippen LogP contribution in [0.3, 0.4) is 0 Å². The number of hydrogen-bond acceptors (Lipinski definition) is 8. The third-order valence-electron chi connectivity index (χ3n) is 10.5. The quantitative estimate of drug-likeness (QED) is 0.0265. The van der Waals surface area contributed by atoms with Crippen LogP contribution in [0.1, 0.15) is 232 Å². The second-order valence-electron chi connectivity index (χ2n) is 16.3. The number of carbonyl (C=O) groups excluding carboxylic acids is 2. The van der Waals surface area contributed by atoms with Gasteiger partial charge in [-0.2, -0.15) is 0 Å². The van der Waals surface area contributed by atoms with Crippen molar-refractivity contribution in [2.24, 2.45) is 5.73 Å². The van der Waals surface area contributed by atoms with E-state index in [2.05, 4.69) is 50.3 Å². The van der Waals surface area contributed by atoms with Crippen molar-refractivity contribution in [3.8, 4) is 0 Å². The van der Waals surface area contributed by atoms with Crippen LogP contribution in [0, 0.1) is 0 Å². The molecule has 0 aromatic heterocycles. The molecule has 0 rings (SSSR count). The molecule has 0 bridgehead atoms. The van der Waals surface area contributed by atoms with Crippen LogP contribution in [-0.4, -0.2) is 49.3 Å². The van der Waals surface area contributed by atoms with Gasteiger partial charge in [0, 0.05) is 19.4 Å². The molecule has 0 aromatic carbocycles. The maximum absolute atomic E-state index is 12.6. The highest BCUT2D eigenvalue weighted by Crippen LogP contribution is 2.43. The normalized spacial score (nSPS) is 13.5. The molecular weight excluding hydrogens is 762 g/mol. The first-order valence-electron chi connectivity index (χ1n) is 24.5. The number of carbonyl (C=O) groups is 2. The summed E-state index contributed by atoms with van der Waals surface area (Å²) >= 11 is 0. The number of phosphoric acid groups is 1. The fraction of sp³-hybridized carbons (Fsp3) is 0.837. The molecule has 0 saturated carbocycles. The number of phosphoric ester groups is 1. The Labute approximate surface area is 363 Å². The summed E-state index contributed by atoms with van der Waals surface area (Å²) < 4.78 is 32.9. The molecule has 3 N–H and O–H groups in total. The van der Waals surface area contributed by atoms with Crippen LogP contribution in [0.2, 0.25) is 0 Å². The number of unbranched alkanes of at least 4 members (excludes halogenated alkanes) is 27. The Morgan fingerprint density at radius 2 is 0.881 bits per heavy atom. The molecule has 0 aliphatic heterocycles. The molecule has 0 radical (unpaired) electrons. The fourth-order valence-corrected chi connectivity index (χ4v) is 7.60. The van der Waals surface area contributed by atoms with Gasteiger partial charge in [0.25, 0.3) is 0 Å². The predicted octanol–water partition coefficient (Wildman–Crippen LogP) is 14.5. The second kappa shape index (κ2) is 45.7. The third kappa shape index (κ3) is 45.6. The van der Waals surface area contributed by atoms with Crippen molar-refractivity contribution in [3.63, 3.8) is 0 Å². The van der Waals surface area contributed by atoms with E-state index in [1.54, 1.807) is 0 Å². The molecule has 0 saturated heterocycles. The van der Waals surface area contributed by atoms with Crippen LogP contribution in [0.15, 0.2) is 36.5 Å². The lowest BCUT2D eigenvalue weighted by Gasteiger charge is -2.19. The summed E-state index contributed by atoms with van der Waals surface area (Å²) in [5, 5.41) is 0. The topological polar surface area (TPSA) is 134 Å². The van der Waals surface area contributed by atoms with E-state index in [1.165, 1.54) is 135 Å². The van der Waals surface area contributed by atoms with Crippen molar-refractivity contribution in [2.45, 2.75) is 238 Å². The Balaban J connectivity index is 4.08. The van der Waals surface area contributed by atoms with Crippen molar-refractivity contribution < 1.29 is 37.6 Å². The highest BCUT2D eigenvalue weighted by Gasteiger charge is 2.26. The SMILES string of the molecule is CCCCCCC/C=C\C/C=C\CCCCCCCCCCCC(=O)OC(COC(=O)CCCCCCCCC/C=C\CCCCCCCC)COP(=O)(O)OCCN. The van der Waals surface area contributed by atoms with Gasteiger partial charge in [-0.25, -0.2) is 4.57 Å². The maximum Gasteiger partial charge on any atom is 0.472 e. The molecule has 10 heteroatoms. The van der Waals surface area contributed by atoms with Gasteiger partial charge in [0.2, 0.25) is 0 Å². The van der Waals surface area contributed by atoms with Crippen LogP contribution < -0.4 is 5.73 Å². The molecule has 2 atom stereocenters. The third-order valence-corrected chi connectivity index (χ3v) is 11.5. The number of allylic oxidation sites excluding steroid dienone is 6. The Kier molecular flexibility index (Phi) is 44.4. The molecule has 0 spiro atoms. The number of hydrogen-bond donors (Lipinski definition) is 2. The van der Waals surface area contributed by atoms with E-state index < -0.39 is 26.5 Å². The van der Waals surface area contributed by atoms with Crippen LogP contribution in [-0.2, 0) is 32.7 Å². The van der Waals surface area contributed by atoms with Gasteiger partial charge in [-0.15, -0.1) is 0 Å². The van der Waals surface area contributed by atoms with Crippen LogP contribution in [0.5, 0.6) is 0 Å². The number of rotatable bonds is 46. The minimum atomic E-state index is -4.38. The summed E-state index contributed by atoms with van der Waals surface area (Å²) in [4.78, 5) is 35.0. The zero-order valence-corrected chi connectivity index (χ0v) is 39.1. The van der Waals surface area contributed by atoms with E-state index in [-0.39, 0.29) is 38.6 Å². The molecule has 0 aliphatic rings. The lowest BCUT2D eigenvalue weighted by molar-refractivity contribution is -0.161. The van der Waals surface area contributed by atoms with Gasteiger partial charge >= 0.3 is 19.8 Å². The molecule has 59 heavy (non-hydrogen) atoms. The van der Waals surface area contributed by atoms with Gasteiger partial charge in [-0.3, -0.25) is 18.6 Å². The minimum Gasteiger partial charge on any atom is -0.462 e. The molecule has 0 amide bonds. The Bertz CT molecular complexity index is 1060. The summed E-state index contributed by atoms with van der Waals surface area (Å²) in [5.41, 5.74) is 5.36. The van der Waals surface area contributed by atoms with Gasteiger partial charge in [-0.05, 0) is 70.6 Å². The highest BCUT2D eigenvalue weighted by molar-refractivity contribution is 7.47. The van der Waals surface area contributed by atoms with Crippen molar-refractivity contribution in [3.05, 3.63) is 36.5 Å². The Hall–Kier alpha value is -1.77. The molecule has 0 heterocycles. The summed E-state index contributed by atoms with van der Waals surface area (Å²) in [6, 6.07) is 0. The van der Waals surface area contributed by atoms with Crippen molar-refractivity contribution >= 4 is 19.8 Å². The lowest BCUT2D eigenvalue weighted by Crippen LogP contribution is -2.29. The predicted molar refractivity (Wildman–Crippen MR) is 247 cm³/mol. The van der Waals surface area contributed by atoms with E-state index in [1.807, 2.05) is 0 Å². The smallest absolute Gasteiger partial charge is 0.462 e. The number of esters is 2. The standard InChI is InChI=1S/C49H92NO8P/c1-3-5-7-9-11-13-15-17-19-21-22-23-24-26-28-30-32-34-36-38-40-42-49(52)58-47(46-57-59(53,54)56-44-43-50)45-55-48(51)41-39-37-35-33-31-29-27-25-20-18-16-14-12-10-8-6-4-2/h15,17-18,20-22,47H,3-14,16,19,23-46,50H2,1-2H3,(H,53,54)/b17-15-,20-18-,22-21-. The zero-order chi connectivity index (χ0) is 43.2. The Morgan fingerprint density at radius 1 is 0.508 bits per heavy atom. The number of ether oxygens (including phenoxy) is 2. The maximum atomic E-state index is 12.6. The molecule has 2 unspecified atom stereocenters. The second-order valence-corrected chi connectivity index (χ2v) is 17.8.